The molecule has 0 aliphatic carbocycles. The Labute approximate surface area is 179 Å². The van der Waals surface area contributed by atoms with Gasteiger partial charge in [0.1, 0.15) is 0 Å². The van der Waals surface area contributed by atoms with E-state index >= 15 is 0 Å². The van der Waals surface area contributed by atoms with Crippen LogP contribution in [0.5, 0.6) is 0 Å². The highest BCUT2D eigenvalue weighted by atomic mass is 32.2. The van der Waals surface area contributed by atoms with Crippen molar-refractivity contribution in [3.8, 4) is 16.8 Å². The molecule has 1 amide bonds. The van der Waals surface area contributed by atoms with Crippen molar-refractivity contribution in [2.75, 3.05) is 17.2 Å². The molecule has 3 aromatic rings. The number of aromatic nitrogens is 3. The number of rotatable bonds is 8. The predicted octanol–water partition coefficient (Wildman–Crippen LogP) is 4.68. The molecular formula is C21H23N5OS2. The highest BCUT2D eigenvalue weighted by Gasteiger charge is 2.19. The number of anilines is 1. The van der Waals surface area contributed by atoms with Gasteiger partial charge in [-0.05, 0) is 55.5 Å². The van der Waals surface area contributed by atoms with Gasteiger partial charge in [-0.15, -0.1) is 21.5 Å². The second-order valence-electron chi connectivity index (χ2n) is 6.54. The fraction of sp³-hybridized carbons (Fsp3) is 0.333. The molecule has 0 aliphatic heterocycles. The number of amides is 1. The third-order valence-electron chi connectivity index (χ3n) is 4.65. The van der Waals surface area contributed by atoms with Gasteiger partial charge in [0.05, 0.1) is 23.1 Å². The molecular weight excluding hydrogens is 402 g/mol. The van der Waals surface area contributed by atoms with Gasteiger partial charge in [-0.1, -0.05) is 23.9 Å². The van der Waals surface area contributed by atoms with E-state index in [-0.39, 0.29) is 18.1 Å². The number of benzene rings is 1. The molecule has 1 aromatic carbocycles. The normalized spacial score (nSPS) is 10.7. The number of aryl methyl sites for hydroxylation is 2. The molecule has 0 aliphatic rings. The molecule has 0 saturated carbocycles. The summed E-state index contributed by atoms with van der Waals surface area (Å²) < 4.78 is 2.03. The van der Waals surface area contributed by atoms with Crippen LogP contribution in [-0.2, 0) is 11.3 Å². The van der Waals surface area contributed by atoms with E-state index in [4.69, 9.17) is 5.26 Å². The summed E-state index contributed by atoms with van der Waals surface area (Å²) in [7, 11) is 0. The summed E-state index contributed by atoms with van der Waals surface area (Å²) >= 11 is 3.00. The number of carbonyl (C=O) groups excluding carboxylic acids is 1. The van der Waals surface area contributed by atoms with Crippen molar-refractivity contribution in [3.05, 3.63) is 46.8 Å². The number of thioether (sulfide) groups is 1. The van der Waals surface area contributed by atoms with Crippen LogP contribution in [0.25, 0.3) is 10.7 Å². The van der Waals surface area contributed by atoms with Crippen LogP contribution in [0.2, 0.25) is 0 Å². The lowest BCUT2D eigenvalue weighted by Crippen LogP contribution is -2.33. The van der Waals surface area contributed by atoms with Crippen molar-refractivity contribution in [3.63, 3.8) is 0 Å². The molecule has 0 unspecified atom stereocenters. The standard InChI is InChI=1S/C21H23N5OS2/c1-4-25-20(18-7-5-12-28-18)23-24-21(25)29-14-19(27)26(11-6-10-22)17-9-8-15(2)16(3)13-17/h5,7-9,12-13H,4,6,11,14H2,1-3H3. The van der Waals surface area contributed by atoms with Crippen LogP contribution in [0.1, 0.15) is 24.5 Å². The first kappa shape index (κ1) is 21.1. The van der Waals surface area contributed by atoms with Gasteiger partial charge < -0.3 is 9.47 Å². The van der Waals surface area contributed by atoms with Crippen LogP contribution in [-0.4, -0.2) is 33.0 Å². The minimum absolute atomic E-state index is 0.0446. The van der Waals surface area contributed by atoms with Crippen LogP contribution in [0, 0.1) is 25.2 Å². The van der Waals surface area contributed by atoms with E-state index in [1.54, 1.807) is 16.2 Å². The smallest absolute Gasteiger partial charge is 0.237 e. The first-order chi connectivity index (χ1) is 14.0. The number of thiophene rings is 1. The second kappa shape index (κ2) is 9.72. The Morgan fingerprint density at radius 3 is 2.76 bits per heavy atom. The van der Waals surface area contributed by atoms with Crippen LogP contribution >= 0.6 is 23.1 Å². The van der Waals surface area contributed by atoms with E-state index in [2.05, 4.69) is 16.3 Å². The van der Waals surface area contributed by atoms with Crippen LogP contribution in [0.15, 0.2) is 40.9 Å². The van der Waals surface area contributed by atoms with Gasteiger partial charge in [-0.25, -0.2) is 0 Å². The minimum Gasteiger partial charge on any atom is -0.311 e. The zero-order valence-electron chi connectivity index (χ0n) is 16.8. The lowest BCUT2D eigenvalue weighted by Gasteiger charge is -2.22. The number of carbonyl (C=O) groups is 1. The molecule has 8 heteroatoms. The Balaban J connectivity index is 1.76. The predicted molar refractivity (Wildman–Crippen MR) is 118 cm³/mol. The third kappa shape index (κ3) is 4.86. The molecule has 29 heavy (non-hydrogen) atoms. The van der Waals surface area contributed by atoms with E-state index in [0.29, 0.717) is 6.54 Å². The average Bonchev–Trinajstić information content (AvgIpc) is 3.38. The van der Waals surface area contributed by atoms with Gasteiger partial charge >= 0.3 is 0 Å². The second-order valence-corrected chi connectivity index (χ2v) is 8.43. The number of nitrogens with zero attached hydrogens (tertiary/aromatic N) is 5. The van der Waals surface area contributed by atoms with Gasteiger partial charge in [0, 0.05) is 18.8 Å². The lowest BCUT2D eigenvalue weighted by molar-refractivity contribution is -0.116. The fourth-order valence-corrected chi connectivity index (χ4v) is 4.52. The molecule has 150 valence electrons. The first-order valence-electron chi connectivity index (χ1n) is 9.39. The molecule has 0 spiro atoms. The monoisotopic (exact) mass is 425 g/mol. The van der Waals surface area contributed by atoms with Crippen molar-refractivity contribution in [1.82, 2.24) is 14.8 Å². The van der Waals surface area contributed by atoms with Crippen LogP contribution in [0.3, 0.4) is 0 Å². The summed E-state index contributed by atoms with van der Waals surface area (Å²) in [4.78, 5) is 15.7. The Bertz CT molecular complexity index is 1020. The third-order valence-corrected chi connectivity index (χ3v) is 6.47. The van der Waals surface area contributed by atoms with E-state index < -0.39 is 0 Å². The van der Waals surface area contributed by atoms with E-state index in [9.17, 15) is 4.79 Å². The maximum Gasteiger partial charge on any atom is 0.237 e. The van der Waals surface area contributed by atoms with Gasteiger partial charge in [-0.3, -0.25) is 4.79 Å². The Morgan fingerprint density at radius 2 is 2.10 bits per heavy atom. The summed E-state index contributed by atoms with van der Waals surface area (Å²) in [5, 5.41) is 20.3. The lowest BCUT2D eigenvalue weighted by atomic mass is 10.1. The summed E-state index contributed by atoms with van der Waals surface area (Å²) in [6, 6.07) is 12.1. The van der Waals surface area contributed by atoms with Crippen molar-refractivity contribution in [2.45, 2.75) is 38.9 Å². The minimum atomic E-state index is -0.0446. The molecule has 0 atom stereocenters. The van der Waals surface area contributed by atoms with E-state index in [1.807, 2.05) is 61.1 Å². The van der Waals surface area contributed by atoms with Gasteiger partial charge in [0.15, 0.2) is 11.0 Å². The topological polar surface area (TPSA) is 74.8 Å². The molecule has 0 fully saturated rings. The van der Waals surface area contributed by atoms with Gasteiger partial charge in [0.25, 0.3) is 0 Å². The average molecular weight is 426 g/mol. The molecule has 0 radical (unpaired) electrons. The molecule has 0 bridgehead atoms. The summed E-state index contributed by atoms with van der Waals surface area (Å²) in [6.45, 7) is 7.21. The summed E-state index contributed by atoms with van der Waals surface area (Å²) in [6.07, 6.45) is 0.289. The van der Waals surface area contributed by atoms with Crippen molar-refractivity contribution in [1.29, 1.82) is 5.26 Å². The molecule has 2 aromatic heterocycles. The van der Waals surface area contributed by atoms with E-state index in [0.717, 1.165) is 33.7 Å². The summed E-state index contributed by atoms with van der Waals surface area (Å²) in [5.41, 5.74) is 3.12. The molecule has 3 rings (SSSR count). The maximum absolute atomic E-state index is 13.0. The Hall–Kier alpha value is -2.63. The molecule has 0 N–H and O–H groups in total. The zero-order chi connectivity index (χ0) is 20.8. The fourth-order valence-electron chi connectivity index (χ4n) is 2.93. The Morgan fingerprint density at radius 1 is 1.28 bits per heavy atom. The first-order valence-corrected chi connectivity index (χ1v) is 11.3. The van der Waals surface area contributed by atoms with Crippen LogP contribution < -0.4 is 4.90 Å². The largest absolute Gasteiger partial charge is 0.311 e. The SMILES string of the molecule is CCn1c(SCC(=O)N(CCC#N)c2ccc(C)c(C)c2)nnc1-c1cccs1. The molecule has 2 heterocycles. The molecule has 6 nitrogen and oxygen atoms in total. The van der Waals surface area contributed by atoms with E-state index in [1.165, 1.54) is 17.3 Å². The molecule has 0 saturated heterocycles. The quantitative estimate of drug-likeness (QED) is 0.490. The van der Waals surface area contributed by atoms with Gasteiger partial charge in [-0.2, -0.15) is 5.26 Å². The number of hydrogen-bond acceptors (Lipinski definition) is 6. The Kier molecular flexibility index (Phi) is 7.07. The number of hydrogen-bond donors (Lipinski definition) is 0. The highest BCUT2D eigenvalue weighted by molar-refractivity contribution is 7.99. The van der Waals surface area contributed by atoms with Crippen LogP contribution in [0.4, 0.5) is 5.69 Å². The summed E-state index contributed by atoms with van der Waals surface area (Å²) in [5.74, 6) is 1.02. The van der Waals surface area contributed by atoms with Gasteiger partial charge in [0.2, 0.25) is 5.91 Å². The maximum atomic E-state index is 13.0. The van der Waals surface area contributed by atoms with Crippen molar-refractivity contribution >= 4 is 34.7 Å². The van der Waals surface area contributed by atoms with Crippen molar-refractivity contribution < 1.29 is 4.79 Å². The number of nitriles is 1. The zero-order valence-corrected chi connectivity index (χ0v) is 18.4. The van der Waals surface area contributed by atoms with Crippen molar-refractivity contribution in [2.24, 2.45) is 0 Å². The highest BCUT2D eigenvalue weighted by Crippen LogP contribution is 2.28.